The zero-order valence-electron chi connectivity index (χ0n) is 10.9. The standard InChI is InChI=1S/C13H20ClFN2O/c1-8(2)13(18-3)12(17-16)6-9-4-5-10(15)7-11(9)14/h4-5,7-8,12-13,17H,6,16H2,1-3H3. The molecule has 0 heterocycles. The number of methoxy groups -OCH3 is 1. The van der Waals surface area contributed by atoms with E-state index in [2.05, 4.69) is 19.3 Å². The van der Waals surface area contributed by atoms with E-state index in [0.717, 1.165) is 5.56 Å². The van der Waals surface area contributed by atoms with Gasteiger partial charge in [0.1, 0.15) is 5.82 Å². The van der Waals surface area contributed by atoms with Gasteiger partial charge in [-0.3, -0.25) is 11.3 Å². The van der Waals surface area contributed by atoms with Gasteiger partial charge in [0.15, 0.2) is 0 Å². The second-order valence-corrected chi connectivity index (χ2v) is 5.06. The van der Waals surface area contributed by atoms with E-state index in [4.69, 9.17) is 22.2 Å². The Kier molecular flexibility index (Phi) is 6.02. The number of halogens is 2. The summed E-state index contributed by atoms with van der Waals surface area (Å²) in [5.74, 6) is 5.54. The van der Waals surface area contributed by atoms with Crippen LogP contribution < -0.4 is 11.3 Å². The van der Waals surface area contributed by atoms with Gasteiger partial charge in [-0.15, -0.1) is 0 Å². The fraction of sp³-hybridized carbons (Fsp3) is 0.538. The first kappa shape index (κ1) is 15.4. The van der Waals surface area contributed by atoms with Crippen molar-refractivity contribution in [3.63, 3.8) is 0 Å². The lowest BCUT2D eigenvalue weighted by Gasteiger charge is -2.28. The third kappa shape index (κ3) is 3.92. The molecule has 0 aliphatic rings. The highest BCUT2D eigenvalue weighted by molar-refractivity contribution is 6.31. The van der Waals surface area contributed by atoms with Crippen LogP contribution in [0.4, 0.5) is 4.39 Å². The van der Waals surface area contributed by atoms with Crippen molar-refractivity contribution in [1.29, 1.82) is 0 Å². The average molecular weight is 275 g/mol. The van der Waals surface area contributed by atoms with Crippen molar-refractivity contribution in [3.8, 4) is 0 Å². The van der Waals surface area contributed by atoms with E-state index in [-0.39, 0.29) is 18.0 Å². The van der Waals surface area contributed by atoms with Gasteiger partial charge in [-0.1, -0.05) is 31.5 Å². The summed E-state index contributed by atoms with van der Waals surface area (Å²) in [6.07, 6.45) is 0.558. The van der Waals surface area contributed by atoms with Crippen LogP contribution in [0.15, 0.2) is 18.2 Å². The summed E-state index contributed by atoms with van der Waals surface area (Å²) in [6.45, 7) is 4.12. The minimum Gasteiger partial charge on any atom is -0.380 e. The van der Waals surface area contributed by atoms with E-state index in [1.165, 1.54) is 12.1 Å². The fourth-order valence-electron chi connectivity index (χ4n) is 2.10. The highest BCUT2D eigenvalue weighted by Gasteiger charge is 2.24. The summed E-state index contributed by atoms with van der Waals surface area (Å²) in [5, 5.41) is 0.411. The Morgan fingerprint density at radius 2 is 2.11 bits per heavy atom. The summed E-state index contributed by atoms with van der Waals surface area (Å²) in [7, 11) is 1.65. The van der Waals surface area contributed by atoms with Gasteiger partial charge in [0.25, 0.3) is 0 Å². The van der Waals surface area contributed by atoms with Crippen molar-refractivity contribution in [1.82, 2.24) is 5.43 Å². The third-order valence-corrected chi connectivity index (χ3v) is 3.35. The zero-order valence-corrected chi connectivity index (χ0v) is 11.7. The lowest BCUT2D eigenvalue weighted by molar-refractivity contribution is 0.0332. The SMILES string of the molecule is COC(C(C)C)C(Cc1ccc(F)cc1Cl)NN. The molecule has 2 atom stereocenters. The largest absolute Gasteiger partial charge is 0.380 e. The molecule has 1 rings (SSSR count). The predicted molar refractivity (Wildman–Crippen MR) is 71.9 cm³/mol. The molecule has 0 saturated heterocycles. The monoisotopic (exact) mass is 274 g/mol. The summed E-state index contributed by atoms with van der Waals surface area (Å²) in [5.41, 5.74) is 3.60. The van der Waals surface area contributed by atoms with Gasteiger partial charge in [0.2, 0.25) is 0 Å². The van der Waals surface area contributed by atoms with Gasteiger partial charge in [-0.2, -0.15) is 0 Å². The van der Waals surface area contributed by atoms with Crippen LogP contribution in [-0.2, 0) is 11.2 Å². The molecule has 0 radical (unpaired) electrons. The van der Waals surface area contributed by atoms with Gasteiger partial charge in [-0.05, 0) is 30.0 Å². The summed E-state index contributed by atoms with van der Waals surface area (Å²) in [6, 6.07) is 4.31. The quantitative estimate of drug-likeness (QED) is 0.619. The van der Waals surface area contributed by atoms with Crippen LogP contribution in [0.1, 0.15) is 19.4 Å². The van der Waals surface area contributed by atoms with Crippen molar-refractivity contribution < 1.29 is 9.13 Å². The number of nitrogens with one attached hydrogen (secondary N) is 1. The molecule has 1 aromatic carbocycles. The third-order valence-electron chi connectivity index (χ3n) is 2.99. The van der Waals surface area contributed by atoms with E-state index in [1.54, 1.807) is 13.2 Å². The molecule has 2 unspecified atom stereocenters. The van der Waals surface area contributed by atoms with Gasteiger partial charge >= 0.3 is 0 Å². The second kappa shape index (κ2) is 7.04. The number of hydrogen-bond donors (Lipinski definition) is 2. The molecule has 0 bridgehead atoms. The first-order valence-corrected chi connectivity index (χ1v) is 6.30. The fourth-order valence-corrected chi connectivity index (χ4v) is 2.34. The van der Waals surface area contributed by atoms with Crippen molar-refractivity contribution >= 4 is 11.6 Å². The molecule has 0 spiro atoms. The normalized spacial score (nSPS) is 14.8. The average Bonchev–Trinajstić information content (AvgIpc) is 2.31. The minimum absolute atomic E-state index is 0.0314. The molecule has 3 N–H and O–H groups in total. The molecule has 0 fully saturated rings. The molecule has 5 heteroatoms. The van der Waals surface area contributed by atoms with E-state index in [1.807, 2.05) is 0 Å². The van der Waals surface area contributed by atoms with Crippen molar-refractivity contribution in [2.45, 2.75) is 32.4 Å². The molecule has 102 valence electrons. The molecule has 1 aromatic rings. The molecule has 3 nitrogen and oxygen atoms in total. The Balaban J connectivity index is 2.85. The molecule has 0 aliphatic carbocycles. The molecule has 0 aliphatic heterocycles. The Bertz CT molecular complexity index is 387. The number of nitrogens with two attached hydrogens (primary N) is 1. The number of rotatable bonds is 6. The highest BCUT2D eigenvalue weighted by atomic mass is 35.5. The van der Waals surface area contributed by atoms with E-state index < -0.39 is 0 Å². The molecule has 18 heavy (non-hydrogen) atoms. The zero-order chi connectivity index (χ0) is 13.7. The van der Waals surface area contributed by atoms with E-state index >= 15 is 0 Å². The number of ether oxygens (including phenoxy) is 1. The molecule has 0 aromatic heterocycles. The Morgan fingerprint density at radius 3 is 2.56 bits per heavy atom. The van der Waals surface area contributed by atoms with E-state index in [9.17, 15) is 4.39 Å². The van der Waals surface area contributed by atoms with Gasteiger partial charge in [0, 0.05) is 12.1 Å². The highest BCUT2D eigenvalue weighted by Crippen LogP contribution is 2.21. The summed E-state index contributed by atoms with van der Waals surface area (Å²) in [4.78, 5) is 0. The molecular weight excluding hydrogens is 255 g/mol. The van der Waals surface area contributed by atoms with Gasteiger partial charge in [-0.25, -0.2) is 4.39 Å². The predicted octanol–water partition coefficient (Wildman–Crippen LogP) is 2.52. The molecule has 0 saturated carbocycles. The molecular formula is C13H20ClFN2O. The summed E-state index contributed by atoms with van der Waals surface area (Å²) >= 11 is 6.01. The minimum atomic E-state index is -0.340. The Morgan fingerprint density at radius 1 is 1.44 bits per heavy atom. The Labute approximate surface area is 112 Å². The Hall–Kier alpha value is -0.680. The van der Waals surface area contributed by atoms with Crippen LogP contribution in [0.5, 0.6) is 0 Å². The maximum atomic E-state index is 13.0. The number of benzene rings is 1. The van der Waals surface area contributed by atoms with Crippen LogP contribution in [-0.4, -0.2) is 19.3 Å². The van der Waals surface area contributed by atoms with Crippen molar-refractivity contribution in [3.05, 3.63) is 34.6 Å². The van der Waals surface area contributed by atoms with Crippen molar-refractivity contribution in [2.24, 2.45) is 11.8 Å². The summed E-state index contributed by atoms with van der Waals surface area (Å²) < 4.78 is 18.4. The topological polar surface area (TPSA) is 47.3 Å². The second-order valence-electron chi connectivity index (χ2n) is 4.66. The van der Waals surface area contributed by atoms with Crippen LogP contribution in [0.3, 0.4) is 0 Å². The van der Waals surface area contributed by atoms with Crippen molar-refractivity contribution in [2.75, 3.05) is 7.11 Å². The van der Waals surface area contributed by atoms with Crippen LogP contribution in [0.2, 0.25) is 5.02 Å². The smallest absolute Gasteiger partial charge is 0.124 e. The van der Waals surface area contributed by atoms with Crippen LogP contribution in [0.25, 0.3) is 0 Å². The maximum absolute atomic E-state index is 13.0. The number of hydrazine groups is 1. The van der Waals surface area contributed by atoms with Gasteiger partial charge < -0.3 is 4.74 Å². The first-order valence-electron chi connectivity index (χ1n) is 5.92. The number of hydrogen-bond acceptors (Lipinski definition) is 3. The molecule has 0 amide bonds. The van der Waals surface area contributed by atoms with Crippen LogP contribution >= 0.6 is 11.6 Å². The lowest BCUT2D eigenvalue weighted by atomic mass is 9.94. The maximum Gasteiger partial charge on any atom is 0.124 e. The van der Waals surface area contributed by atoms with Crippen LogP contribution in [0, 0.1) is 11.7 Å². The van der Waals surface area contributed by atoms with E-state index in [0.29, 0.717) is 17.4 Å². The van der Waals surface area contributed by atoms with Gasteiger partial charge in [0.05, 0.1) is 12.1 Å². The lowest BCUT2D eigenvalue weighted by Crippen LogP contribution is -2.48. The first-order chi connectivity index (χ1) is 8.49.